The Morgan fingerprint density at radius 2 is 1.32 bits per heavy atom. The van der Waals surface area contributed by atoms with Gasteiger partial charge in [0.1, 0.15) is 0 Å². The molecule has 0 aliphatic rings. The van der Waals surface area contributed by atoms with Gasteiger partial charge in [-0.05, 0) is 12.0 Å². The molecule has 0 aromatic heterocycles. The number of halogens is 3. The van der Waals surface area contributed by atoms with Crippen LogP contribution < -0.4 is 29.9 Å². The number of hydrogen-bond donors (Lipinski definition) is 0. The summed E-state index contributed by atoms with van der Waals surface area (Å²) in [6, 6.07) is 19.4. The zero-order valence-electron chi connectivity index (χ0n) is 12.2. The molecule has 110 valence electrons. The molecule has 0 radical (unpaired) electrons. The molecule has 0 N–H and O–H groups in total. The van der Waals surface area contributed by atoms with Crippen LogP contribution in [0.1, 0.15) is 17.5 Å². The summed E-state index contributed by atoms with van der Waals surface area (Å²) in [5.41, 5.74) is 2.00. The molecule has 0 heterocycles. The molecule has 1 nitrogen and oxygen atoms in total. The zero-order valence-corrected chi connectivity index (χ0v) is 17.3. The molecule has 0 aliphatic heterocycles. The summed E-state index contributed by atoms with van der Waals surface area (Å²) >= 11 is 6.13. The summed E-state index contributed by atoms with van der Waals surface area (Å²) < 4.78 is 0. The van der Waals surface area contributed by atoms with Crippen molar-refractivity contribution < 1.29 is 29.9 Å². The van der Waals surface area contributed by atoms with Crippen LogP contribution in [0.15, 0.2) is 60.7 Å². The largest absolute Gasteiger partial charge is 2.00 e. The molecular formula is C16H15Cl3Mg2O. The molecule has 6 heteroatoms. The van der Waals surface area contributed by atoms with Crippen LogP contribution in [0, 0.1) is 5.38 Å². The van der Waals surface area contributed by atoms with Crippen LogP contribution in [0.4, 0.5) is 0 Å². The van der Waals surface area contributed by atoms with Crippen molar-refractivity contribution in [1.29, 1.82) is 0 Å². The predicted octanol–water partition coefficient (Wildman–Crippen LogP) is -3.59. The maximum absolute atomic E-state index is 12.0. The Morgan fingerprint density at radius 3 is 1.82 bits per heavy atom. The minimum Gasteiger partial charge on any atom is -1.00 e. The van der Waals surface area contributed by atoms with Crippen molar-refractivity contribution in [2.45, 2.75) is 18.9 Å². The van der Waals surface area contributed by atoms with Gasteiger partial charge in [-0.1, -0.05) is 48.2 Å². The molecule has 0 unspecified atom stereocenters. The fourth-order valence-corrected chi connectivity index (χ4v) is 2.09. The van der Waals surface area contributed by atoms with Gasteiger partial charge in [0.15, 0.2) is 0 Å². The Hall–Kier alpha value is 0.672. The smallest absolute Gasteiger partial charge is 1.00 e. The second-order valence-electron chi connectivity index (χ2n) is 4.23. The van der Waals surface area contributed by atoms with E-state index in [-0.39, 0.29) is 70.9 Å². The van der Waals surface area contributed by atoms with E-state index in [0.717, 1.165) is 12.0 Å². The van der Waals surface area contributed by atoms with E-state index in [2.05, 4.69) is 0 Å². The van der Waals surface area contributed by atoms with E-state index in [1.54, 1.807) is 0 Å². The van der Waals surface area contributed by atoms with E-state index in [9.17, 15) is 5.11 Å². The molecule has 0 saturated carbocycles. The van der Waals surface area contributed by atoms with Crippen LogP contribution in [0.2, 0.25) is 0 Å². The van der Waals surface area contributed by atoms with E-state index in [1.165, 1.54) is 5.56 Å². The Morgan fingerprint density at radius 1 is 0.864 bits per heavy atom. The van der Waals surface area contributed by atoms with E-state index < -0.39 is 6.10 Å². The van der Waals surface area contributed by atoms with Crippen LogP contribution >= 0.6 is 11.6 Å². The van der Waals surface area contributed by atoms with Gasteiger partial charge in [-0.3, -0.25) is 0 Å². The topological polar surface area (TPSA) is 23.1 Å². The van der Waals surface area contributed by atoms with Crippen LogP contribution in [-0.2, 0) is 6.42 Å². The van der Waals surface area contributed by atoms with Gasteiger partial charge in [-0.15, -0.1) is 18.2 Å². The van der Waals surface area contributed by atoms with Gasteiger partial charge in [0.2, 0.25) is 0 Å². The van der Waals surface area contributed by atoms with Crippen LogP contribution in [0.5, 0.6) is 0 Å². The number of rotatable bonds is 5. The van der Waals surface area contributed by atoms with Crippen molar-refractivity contribution in [1.82, 2.24) is 0 Å². The summed E-state index contributed by atoms with van der Waals surface area (Å²) in [5, 5.41) is 12.4. The third-order valence-electron chi connectivity index (χ3n) is 2.87. The van der Waals surface area contributed by atoms with E-state index in [1.807, 2.05) is 60.7 Å². The average Bonchev–Trinajstić information content (AvgIpc) is 2.46. The maximum atomic E-state index is 12.0. The average molecular weight is 378 g/mol. The zero-order chi connectivity index (χ0) is 12.8. The molecule has 22 heavy (non-hydrogen) atoms. The summed E-state index contributed by atoms with van der Waals surface area (Å²) in [4.78, 5) is 0. The number of benzene rings is 2. The van der Waals surface area contributed by atoms with Gasteiger partial charge in [0.05, 0.1) is 0 Å². The summed E-state index contributed by atoms with van der Waals surface area (Å²) in [7, 11) is 0. The van der Waals surface area contributed by atoms with Crippen molar-refractivity contribution in [3.05, 3.63) is 77.2 Å². The first-order valence-corrected chi connectivity index (χ1v) is 6.42. The molecule has 0 saturated heterocycles. The Labute approximate surface area is 182 Å². The van der Waals surface area contributed by atoms with Crippen LogP contribution in [0.3, 0.4) is 0 Å². The fraction of sp³-hybridized carbons (Fsp3) is 0.188. The fourth-order valence-electron chi connectivity index (χ4n) is 1.85. The summed E-state index contributed by atoms with van der Waals surface area (Å²) in [6.45, 7) is 0. The molecular weight excluding hydrogens is 363 g/mol. The van der Waals surface area contributed by atoms with Gasteiger partial charge >= 0.3 is 46.1 Å². The Bertz CT molecular complexity index is 471. The Balaban J connectivity index is -0.000000902. The first-order chi connectivity index (χ1) is 8.77. The molecule has 0 fully saturated rings. The molecule has 2 aromatic rings. The maximum Gasteiger partial charge on any atom is 2.00 e. The second kappa shape index (κ2) is 15.2. The monoisotopic (exact) mass is 376 g/mol. The van der Waals surface area contributed by atoms with Crippen molar-refractivity contribution in [3.8, 4) is 0 Å². The minimum atomic E-state index is -0.853. The van der Waals surface area contributed by atoms with E-state index >= 15 is 0 Å². The molecule has 0 bridgehead atoms. The molecule has 0 amide bonds. The van der Waals surface area contributed by atoms with Gasteiger partial charge in [0, 0.05) is 0 Å². The third kappa shape index (κ3) is 9.09. The van der Waals surface area contributed by atoms with Crippen molar-refractivity contribution in [3.63, 3.8) is 0 Å². The van der Waals surface area contributed by atoms with E-state index in [0.29, 0.717) is 11.8 Å². The molecule has 1 atom stereocenters. The number of hydrogen-bond acceptors (Lipinski definition) is 1. The summed E-state index contributed by atoms with van der Waals surface area (Å²) in [6.07, 6.45) is 0.435. The van der Waals surface area contributed by atoms with Crippen molar-refractivity contribution in [2.75, 3.05) is 0 Å². The van der Waals surface area contributed by atoms with E-state index in [4.69, 9.17) is 11.6 Å². The first-order valence-electron chi connectivity index (χ1n) is 6.05. The van der Waals surface area contributed by atoms with Crippen LogP contribution in [-0.4, -0.2) is 52.2 Å². The SMILES string of the molecule is [Cl-].[Cl-].[Mg+2].[Mg+2].[O-][C@H](CCc1ccccc1)[C-](Cl)c1ccccc1. The standard InChI is InChI=1S/C16H15ClO.2ClH.2Mg/c17-16(14-9-5-2-6-10-14)15(18)12-11-13-7-3-1-4-8-13;;;;/h1-10,15H,11-12H2;2*1H;;/q-2;;;2*+2/p-2/t15-;;;;/m1..../s1. The minimum absolute atomic E-state index is 0. The third-order valence-corrected chi connectivity index (χ3v) is 3.33. The van der Waals surface area contributed by atoms with Crippen molar-refractivity contribution in [2.24, 2.45) is 0 Å². The van der Waals surface area contributed by atoms with Gasteiger partial charge in [0.25, 0.3) is 0 Å². The van der Waals surface area contributed by atoms with Gasteiger partial charge in [-0.25, -0.2) is 0 Å². The molecule has 0 aliphatic carbocycles. The van der Waals surface area contributed by atoms with Gasteiger partial charge < -0.3 is 29.9 Å². The van der Waals surface area contributed by atoms with Crippen LogP contribution in [0.25, 0.3) is 0 Å². The Kier molecular flexibility index (Phi) is 19.0. The first kappa shape index (κ1) is 27.5. The quantitative estimate of drug-likeness (QED) is 0.390. The second-order valence-corrected chi connectivity index (χ2v) is 4.63. The normalized spacial score (nSPS) is 9.91. The molecule has 2 aromatic carbocycles. The number of aryl methyl sites for hydroxylation is 1. The predicted molar refractivity (Wildman–Crippen MR) is 84.7 cm³/mol. The van der Waals surface area contributed by atoms with Crippen molar-refractivity contribution >= 4 is 57.7 Å². The molecule has 2 rings (SSSR count). The van der Waals surface area contributed by atoms with Gasteiger partial charge in [-0.2, -0.15) is 29.3 Å². The summed E-state index contributed by atoms with van der Waals surface area (Å²) in [5.74, 6) is 0. The molecule has 0 spiro atoms.